The minimum Gasteiger partial charge on any atom is -0.497 e. The largest absolute Gasteiger partial charge is 0.497 e. The van der Waals surface area contributed by atoms with Gasteiger partial charge in [-0.05, 0) is 30.2 Å². The summed E-state index contributed by atoms with van der Waals surface area (Å²) in [6, 6.07) is 15.8. The Labute approximate surface area is 108 Å². The van der Waals surface area contributed by atoms with Crippen molar-refractivity contribution in [3.63, 3.8) is 0 Å². The van der Waals surface area contributed by atoms with Crippen molar-refractivity contribution in [1.29, 1.82) is 0 Å². The normalized spacial score (nSPS) is 12.2. The van der Waals surface area contributed by atoms with E-state index in [0.717, 1.165) is 22.4 Å². The van der Waals surface area contributed by atoms with E-state index in [0.29, 0.717) is 6.42 Å². The standard InChI is InChI=1S/C16H18O2/c1-12-5-3-7-14(9-12)16(17)11-13-6-4-8-15(10-13)18-2/h3-10,16-17H,11H2,1-2H3. The van der Waals surface area contributed by atoms with Crippen LogP contribution in [0.3, 0.4) is 0 Å². The Kier molecular flexibility index (Phi) is 4.00. The fourth-order valence-corrected chi connectivity index (χ4v) is 2.02. The fraction of sp³-hybridized carbons (Fsp3) is 0.250. The van der Waals surface area contributed by atoms with Gasteiger partial charge in [-0.1, -0.05) is 42.0 Å². The molecule has 0 aliphatic heterocycles. The first-order valence-electron chi connectivity index (χ1n) is 6.06. The monoisotopic (exact) mass is 242 g/mol. The van der Waals surface area contributed by atoms with Crippen molar-refractivity contribution in [2.45, 2.75) is 19.4 Å². The molecule has 0 fully saturated rings. The van der Waals surface area contributed by atoms with Gasteiger partial charge in [0.05, 0.1) is 13.2 Å². The van der Waals surface area contributed by atoms with Crippen LogP contribution in [-0.4, -0.2) is 12.2 Å². The highest BCUT2D eigenvalue weighted by Gasteiger charge is 2.09. The number of rotatable bonds is 4. The van der Waals surface area contributed by atoms with Gasteiger partial charge in [0.1, 0.15) is 5.75 Å². The zero-order valence-corrected chi connectivity index (χ0v) is 10.8. The van der Waals surface area contributed by atoms with E-state index in [1.165, 1.54) is 0 Å². The van der Waals surface area contributed by atoms with E-state index in [1.54, 1.807) is 7.11 Å². The van der Waals surface area contributed by atoms with Crippen molar-refractivity contribution in [3.05, 3.63) is 65.2 Å². The van der Waals surface area contributed by atoms with Gasteiger partial charge in [-0.15, -0.1) is 0 Å². The number of aliphatic hydroxyl groups excluding tert-OH is 1. The van der Waals surface area contributed by atoms with E-state index in [9.17, 15) is 5.11 Å². The highest BCUT2D eigenvalue weighted by atomic mass is 16.5. The van der Waals surface area contributed by atoms with E-state index in [-0.39, 0.29) is 0 Å². The molecule has 0 saturated heterocycles. The third-order valence-electron chi connectivity index (χ3n) is 2.99. The number of hydrogen-bond donors (Lipinski definition) is 1. The zero-order valence-electron chi connectivity index (χ0n) is 10.8. The van der Waals surface area contributed by atoms with Crippen molar-refractivity contribution >= 4 is 0 Å². The van der Waals surface area contributed by atoms with Crippen molar-refractivity contribution < 1.29 is 9.84 Å². The summed E-state index contributed by atoms with van der Waals surface area (Å²) in [6.07, 6.45) is 0.123. The van der Waals surface area contributed by atoms with Crippen LogP contribution in [0.15, 0.2) is 48.5 Å². The van der Waals surface area contributed by atoms with Gasteiger partial charge in [-0.2, -0.15) is 0 Å². The van der Waals surface area contributed by atoms with E-state index in [1.807, 2.05) is 55.5 Å². The second kappa shape index (κ2) is 5.69. The number of hydrogen-bond acceptors (Lipinski definition) is 2. The summed E-state index contributed by atoms with van der Waals surface area (Å²) >= 11 is 0. The molecule has 0 saturated carbocycles. The summed E-state index contributed by atoms with van der Waals surface area (Å²) in [7, 11) is 1.65. The molecular formula is C16H18O2. The topological polar surface area (TPSA) is 29.5 Å². The maximum Gasteiger partial charge on any atom is 0.119 e. The third kappa shape index (κ3) is 3.11. The van der Waals surface area contributed by atoms with Crippen molar-refractivity contribution in [2.24, 2.45) is 0 Å². The van der Waals surface area contributed by atoms with Crippen LogP contribution in [0.25, 0.3) is 0 Å². The average Bonchev–Trinajstić information content (AvgIpc) is 2.39. The molecule has 1 atom stereocenters. The lowest BCUT2D eigenvalue weighted by Gasteiger charge is -2.12. The molecule has 18 heavy (non-hydrogen) atoms. The van der Waals surface area contributed by atoms with E-state index < -0.39 is 6.10 Å². The van der Waals surface area contributed by atoms with Crippen LogP contribution in [0.1, 0.15) is 22.8 Å². The highest BCUT2D eigenvalue weighted by molar-refractivity contribution is 5.31. The quantitative estimate of drug-likeness (QED) is 0.891. The summed E-state index contributed by atoms with van der Waals surface area (Å²) < 4.78 is 5.18. The molecule has 0 aliphatic rings. The first-order chi connectivity index (χ1) is 8.69. The summed E-state index contributed by atoms with van der Waals surface area (Å²) in [4.78, 5) is 0. The van der Waals surface area contributed by atoms with E-state index >= 15 is 0 Å². The fourth-order valence-electron chi connectivity index (χ4n) is 2.02. The number of methoxy groups -OCH3 is 1. The van der Waals surface area contributed by atoms with Gasteiger partial charge < -0.3 is 9.84 Å². The van der Waals surface area contributed by atoms with E-state index in [2.05, 4.69) is 0 Å². The van der Waals surface area contributed by atoms with Crippen LogP contribution in [-0.2, 0) is 6.42 Å². The van der Waals surface area contributed by atoms with Crippen LogP contribution in [0, 0.1) is 6.92 Å². The molecule has 94 valence electrons. The smallest absolute Gasteiger partial charge is 0.119 e. The molecule has 2 heteroatoms. The first kappa shape index (κ1) is 12.7. The number of aryl methyl sites for hydroxylation is 1. The molecule has 0 aliphatic carbocycles. The molecule has 2 aromatic rings. The molecule has 2 aromatic carbocycles. The van der Waals surface area contributed by atoms with Crippen LogP contribution in [0.2, 0.25) is 0 Å². The Bertz CT molecular complexity index is 520. The molecule has 0 aromatic heterocycles. The number of benzene rings is 2. The Balaban J connectivity index is 2.13. The summed E-state index contributed by atoms with van der Waals surface area (Å²) in [6.45, 7) is 2.03. The Morgan fingerprint density at radius 3 is 2.61 bits per heavy atom. The predicted molar refractivity (Wildman–Crippen MR) is 72.8 cm³/mol. The lowest BCUT2D eigenvalue weighted by atomic mass is 10.00. The molecule has 0 spiro atoms. The summed E-state index contributed by atoms with van der Waals surface area (Å²) in [5.74, 6) is 0.823. The molecule has 2 rings (SSSR count). The van der Waals surface area contributed by atoms with Gasteiger partial charge in [0.2, 0.25) is 0 Å². The highest BCUT2D eigenvalue weighted by Crippen LogP contribution is 2.21. The number of ether oxygens (including phenoxy) is 1. The summed E-state index contributed by atoms with van der Waals surface area (Å²) in [5, 5.41) is 10.2. The second-order valence-corrected chi connectivity index (χ2v) is 4.49. The van der Waals surface area contributed by atoms with Crippen LogP contribution < -0.4 is 4.74 Å². The minimum atomic E-state index is -0.475. The van der Waals surface area contributed by atoms with Crippen molar-refractivity contribution in [3.8, 4) is 5.75 Å². The molecule has 2 nitrogen and oxygen atoms in total. The molecule has 1 unspecified atom stereocenters. The summed E-state index contributed by atoms with van der Waals surface area (Å²) in [5.41, 5.74) is 3.19. The van der Waals surface area contributed by atoms with Gasteiger partial charge in [0.15, 0.2) is 0 Å². The van der Waals surface area contributed by atoms with Crippen molar-refractivity contribution in [1.82, 2.24) is 0 Å². The minimum absolute atomic E-state index is 0.475. The van der Waals surface area contributed by atoms with Gasteiger partial charge in [-0.25, -0.2) is 0 Å². The van der Waals surface area contributed by atoms with Crippen molar-refractivity contribution in [2.75, 3.05) is 7.11 Å². The molecular weight excluding hydrogens is 224 g/mol. The van der Waals surface area contributed by atoms with Gasteiger partial charge in [0.25, 0.3) is 0 Å². The average molecular weight is 242 g/mol. The second-order valence-electron chi connectivity index (χ2n) is 4.49. The molecule has 0 heterocycles. The Morgan fingerprint density at radius 2 is 1.89 bits per heavy atom. The number of aliphatic hydroxyl groups is 1. The first-order valence-corrected chi connectivity index (χ1v) is 6.06. The lowest BCUT2D eigenvalue weighted by molar-refractivity contribution is 0.178. The Hall–Kier alpha value is -1.80. The predicted octanol–water partition coefficient (Wildman–Crippen LogP) is 3.28. The van der Waals surface area contributed by atoms with Crippen LogP contribution in [0.5, 0.6) is 5.75 Å². The maximum atomic E-state index is 10.2. The third-order valence-corrected chi connectivity index (χ3v) is 2.99. The molecule has 0 amide bonds. The van der Waals surface area contributed by atoms with Gasteiger partial charge in [-0.3, -0.25) is 0 Å². The van der Waals surface area contributed by atoms with Gasteiger partial charge >= 0.3 is 0 Å². The van der Waals surface area contributed by atoms with Gasteiger partial charge in [0, 0.05) is 6.42 Å². The van der Waals surface area contributed by atoms with Crippen LogP contribution in [0.4, 0.5) is 0 Å². The Morgan fingerprint density at radius 1 is 1.11 bits per heavy atom. The SMILES string of the molecule is COc1cccc(CC(O)c2cccc(C)c2)c1. The van der Waals surface area contributed by atoms with Crippen LogP contribution >= 0.6 is 0 Å². The molecule has 0 bridgehead atoms. The van der Waals surface area contributed by atoms with E-state index in [4.69, 9.17) is 4.74 Å². The molecule has 1 N–H and O–H groups in total. The lowest BCUT2D eigenvalue weighted by Crippen LogP contribution is -2.02. The maximum absolute atomic E-state index is 10.2. The zero-order chi connectivity index (χ0) is 13.0. The molecule has 0 radical (unpaired) electrons.